The fourth-order valence-corrected chi connectivity index (χ4v) is 1.99. The van der Waals surface area contributed by atoms with Crippen molar-refractivity contribution >= 4 is 0 Å². The van der Waals surface area contributed by atoms with Gasteiger partial charge in [0.25, 0.3) is 0 Å². The highest BCUT2D eigenvalue weighted by atomic mass is 16.5. The summed E-state index contributed by atoms with van der Waals surface area (Å²) in [5.74, 6) is 1.24. The van der Waals surface area contributed by atoms with Crippen LogP contribution in [-0.2, 0) is 0 Å². The standard InChI is InChI=1S/C12H15N5O/c1-4-15-17(7-1)11-8-14-9-12(16-11)18-10-2-5-13-6-3-10/h1,4,7-10,13H,2-3,5-6H2. The Morgan fingerprint density at radius 3 is 2.94 bits per heavy atom. The second-order valence-corrected chi connectivity index (χ2v) is 4.23. The Hall–Kier alpha value is -1.95. The lowest BCUT2D eigenvalue weighted by atomic mass is 10.1. The molecule has 94 valence electrons. The Morgan fingerprint density at radius 1 is 1.28 bits per heavy atom. The summed E-state index contributed by atoms with van der Waals surface area (Å²) < 4.78 is 7.51. The molecule has 1 N–H and O–H groups in total. The predicted molar refractivity (Wildman–Crippen MR) is 65.7 cm³/mol. The maximum atomic E-state index is 5.84. The minimum Gasteiger partial charge on any atom is -0.473 e. The van der Waals surface area contributed by atoms with Gasteiger partial charge in [0.05, 0.1) is 12.4 Å². The van der Waals surface area contributed by atoms with E-state index in [0.29, 0.717) is 11.7 Å². The number of hydrogen-bond acceptors (Lipinski definition) is 5. The molecule has 0 saturated carbocycles. The molecule has 0 amide bonds. The fraction of sp³-hybridized carbons (Fsp3) is 0.417. The summed E-state index contributed by atoms with van der Waals surface area (Å²) in [6.07, 6.45) is 9.10. The first kappa shape index (κ1) is 11.2. The average Bonchev–Trinajstić information content (AvgIpc) is 2.94. The van der Waals surface area contributed by atoms with Gasteiger partial charge in [0, 0.05) is 12.4 Å². The molecule has 1 aliphatic heterocycles. The highest BCUT2D eigenvalue weighted by Gasteiger charge is 2.15. The average molecular weight is 245 g/mol. The first-order valence-electron chi connectivity index (χ1n) is 6.11. The van der Waals surface area contributed by atoms with Gasteiger partial charge in [-0.15, -0.1) is 0 Å². The van der Waals surface area contributed by atoms with Crippen molar-refractivity contribution in [2.75, 3.05) is 13.1 Å². The Labute approximate surface area is 105 Å². The molecular weight excluding hydrogens is 230 g/mol. The van der Waals surface area contributed by atoms with E-state index in [2.05, 4.69) is 20.4 Å². The maximum Gasteiger partial charge on any atom is 0.234 e. The van der Waals surface area contributed by atoms with E-state index < -0.39 is 0 Å². The van der Waals surface area contributed by atoms with Crippen LogP contribution in [0.25, 0.3) is 5.82 Å². The van der Waals surface area contributed by atoms with Crippen LogP contribution in [0.2, 0.25) is 0 Å². The summed E-state index contributed by atoms with van der Waals surface area (Å²) >= 11 is 0. The van der Waals surface area contributed by atoms with Crippen LogP contribution < -0.4 is 10.1 Å². The third-order valence-electron chi connectivity index (χ3n) is 2.91. The van der Waals surface area contributed by atoms with Gasteiger partial charge in [-0.2, -0.15) is 10.1 Å². The van der Waals surface area contributed by atoms with Gasteiger partial charge in [-0.05, 0) is 32.0 Å². The van der Waals surface area contributed by atoms with E-state index in [0.717, 1.165) is 25.9 Å². The molecule has 0 unspecified atom stereocenters. The van der Waals surface area contributed by atoms with Gasteiger partial charge in [0.2, 0.25) is 5.88 Å². The van der Waals surface area contributed by atoms with E-state index in [-0.39, 0.29) is 6.10 Å². The van der Waals surface area contributed by atoms with Crippen LogP contribution >= 0.6 is 0 Å². The molecule has 6 nitrogen and oxygen atoms in total. The summed E-state index contributed by atoms with van der Waals surface area (Å²) in [7, 11) is 0. The van der Waals surface area contributed by atoms with Crippen LogP contribution in [0.3, 0.4) is 0 Å². The number of ether oxygens (including phenoxy) is 1. The van der Waals surface area contributed by atoms with E-state index in [1.165, 1.54) is 0 Å². The van der Waals surface area contributed by atoms with Crippen molar-refractivity contribution in [2.45, 2.75) is 18.9 Å². The van der Waals surface area contributed by atoms with Gasteiger partial charge in [-0.3, -0.25) is 4.98 Å². The molecule has 0 spiro atoms. The zero-order valence-electron chi connectivity index (χ0n) is 9.99. The Bertz CT molecular complexity index is 493. The van der Waals surface area contributed by atoms with Gasteiger partial charge in [-0.25, -0.2) is 4.68 Å². The third kappa shape index (κ3) is 2.48. The first-order valence-corrected chi connectivity index (χ1v) is 6.11. The van der Waals surface area contributed by atoms with Crippen molar-refractivity contribution < 1.29 is 4.74 Å². The quantitative estimate of drug-likeness (QED) is 0.866. The zero-order chi connectivity index (χ0) is 12.2. The third-order valence-corrected chi connectivity index (χ3v) is 2.91. The lowest BCUT2D eigenvalue weighted by Gasteiger charge is -2.23. The van der Waals surface area contributed by atoms with Gasteiger partial charge in [0.1, 0.15) is 6.10 Å². The van der Waals surface area contributed by atoms with Crippen molar-refractivity contribution in [3.05, 3.63) is 30.9 Å². The Balaban J connectivity index is 1.74. The molecule has 1 aliphatic rings. The van der Waals surface area contributed by atoms with Crippen molar-refractivity contribution in [3.63, 3.8) is 0 Å². The van der Waals surface area contributed by atoms with Crippen LogP contribution in [0.15, 0.2) is 30.9 Å². The topological polar surface area (TPSA) is 64.9 Å². The lowest BCUT2D eigenvalue weighted by molar-refractivity contribution is 0.155. The van der Waals surface area contributed by atoms with E-state index >= 15 is 0 Å². The second kappa shape index (κ2) is 5.14. The van der Waals surface area contributed by atoms with Gasteiger partial charge >= 0.3 is 0 Å². The summed E-state index contributed by atoms with van der Waals surface area (Å²) in [5, 5.41) is 7.43. The Kier molecular flexibility index (Phi) is 3.18. The van der Waals surface area contributed by atoms with Crippen LogP contribution in [0, 0.1) is 0 Å². The van der Waals surface area contributed by atoms with Crippen LogP contribution in [0.5, 0.6) is 5.88 Å². The molecular formula is C12H15N5O. The number of piperidine rings is 1. The normalized spacial score (nSPS) is 16.7. The molecule has 1 saturated heterocycles. The summed E-state index contributed by atoms with van der Waals surface area (Å²) in [6.45, 7) is 1.99. The molecule has 0 aromatic carbocycles. The van der Waals surface area contributed by atoms with Crippen LogP contribution in [-0.4, -0.2) is 38.9 Å². The lowest BCUT2D eigenvalue weighted by Crippen LogP contribution is -2.34. The van der Waals surface area contributed by atoms with E-state index in [1.54, 1.807) is 23.3 Å². The second-order valence-electron chi connectivity index (χ2n) is 4.23. The maximum absolute atomic E-state index is 5.84. The van der Waals surface area contributed by atoms with E-state index in [9.17, 15) is 0 Å². The minimum atomic E-state index is 0.230. The number of nitrogens with zero attached hydrogens (tertiary/aromatic N) is 4. The molecule has 2 aromatic heterocycles. The molecule has 18 heavy (non-hydrogen) atoms. The number of aromatic nitrogens is 4. The first-order chi connectivity index (χ1) is 8.92. The van der Waals surface area contributed by atoms with Crippen LogP contribution in [0.1, 0.15) is 12.8 Å². The number of rotatable bonds is 3. The molecule has 0 aliphatic carbocycles. The van der Waals surface area contributed by atoms with Gasteiger partial charge in [-0.1, -0.05) is 0 Å². The van der Waals surface area contributed by atoms with Crippen molar-refractivity contribution in [2.24, 2.45) is 0 Å². The SMILES string of the molecule is c1cnn(-c2cncc(OC3CCNCC3)n2)c1. The number of nitrogens with one attached hydrogen (secondary N) is 1. The fourth-order valence-electron chi connectivity index (χ4n) is 1.99. The van der Waals surface area contributed by atoms with Gasteiger partial charge in [0.15, 0.2) is 5.82 Å². The zero-order valence-corrected chi connectivity index (χ0v) is 9.99. The smallest absolute Gasteiger partial charge is 0.234 e. The van der Waals surface area contributed by atoms with Gasteiger partial charge < -0.3 is 10.1 Å². The summed E-state index contributed by atoms with van der Waals surface area (Å²) in [6, 6.07) is 1.85. The van der Waals surface area contributed by atoms with Crippen molar-refractivity contribution in [1.29, 1.82) is 0 Å². The Morgan fingerprint density at radius 2 is 2.17 bits per heavy atom. The van der Waals surface area contributed by atoms with E-state index in [4.69, 9.17) is 4.74 Å². The summed E-state index contributed by atoms with van der Waals surface area (Å²) in [4.78, 5) is 8.55. The largest absolute Gasteiger partial charge is 0.473 e. The predicted octanol–water partition coefficient (Wildman–Crippen LogP) is 0.793. The molecule has 0 bridgehead atoms. The molecule has 0 radical (unpaired) electrons. The van der Waals surface area contributed by atoms with Crippen molar-refractivity contribution in [3.8, 4) is 11.7 Å². The van der Waals surface area contributed by atoms with Crippen LogP contribution in [0.4, 0.5) is 0 Å². The molecule has 6 heteroatoms. The molecule has 3 rings (SSSR count). The molecule has 3 heterocycles. The van der Waals surface area contributed by atoms with E-state index in [1.807, 2.05) is 12.3 Å². The molecule has 1 fully saturated rings. The number of hydrogen-bond donors (Lipinski definition) is 1. The highest BCUT2D eigenvalue weighted by molar-refractivity contribution is 5.20. The molecule has 2 aromatic rings. The monoisotopic (exact) mass is 245 g/mol. The highest BCUT2D eigenvalue weighted by Crippen LogP contribution is 2.14. The van der Waals surface area contributed by atoms with Crippen molar-refractivity contribution in [1.82, 2.24) is 25.1 Å². The summed E-state index contributed by atoms with van der Waals surface area (Å²) in [5.41, 5.74) is 0. The minimum absolute atomic E-state index is 0.230. The molecule has 0 atom stereocenters.